The van der Waals surface area contributed by atoms with Gasteiger partial charge >= 0.3 is 5.97 Å². The zero-order chi connectivity index (χ0) is 15.1. The van der Waals surface area contributed by atoms with E-state index in [0.717, 1.165) is 32.5 Å². The number of nitrogens with one attached hydrogen (secondary N) is 1. The van der Waals surface area contributed by atoms with Crippen molar-refractivity contribution in [2.75, 3.05) is 40.3 Å². The lowest BCUT2D eigenvalue weighted by atomic mass is 10.0. The Morgan fingerprint density at radius 2 is 2.00 bits per heavy atom. The normalized spacial score (nSPS) is 18.9. The molecule has 1 aliphatic heterocycles. The maximum atomic E-state index is 11.7. The summed E-state index contributed by atoms with van der Waals surface area (Å²) in [6, 6.07) is -0.134. The molecule has 0 spiro atoms. The van der Waals surface area contributed by atoms with Crippen molar-refractivity contribution < 1.29 is 14.3 Å². The van der Waals surface area contributed by atoms with Gasteiger partial charge < -0.3 is 19.9 Å². The minimum Gasteiger partial charge on any atom is -0.467 e. The molecule has 1 heterocycles. The second-order valence-corrected chi connectivity index (χ2v) is 5.38. The molecule has 116 valence electrons. The van der Waals surface area contributed by atoms with E-state index in [1.165, 1.54) is 14.0 Å². The maximum absolute atomic E-state index is 11.7. The van der Waals surface area contributed by atoms with Crippen LogP contribution in [0.15, 0.2) is 0 Å². The van der Waals surface area contributed by atoms with E-state index >= 15 is 0 Å². The molecule has 1 N–H and O–H groups in total. The SMILES string of the molecule is CCN1CCC(N(C)CC(NC(C)=O)C(=O)OC)CC1. The molecule has 1 aliphatic rings. The van der Waals surface area contributed by atoms with Gasteiger partial charge in [-0.05, 0) is 39.5 Å². The van der Waals surface area contributed by atoms with Crippen molar-refractivity contribution in [2.24, 2.45) is 0 Å². The van der Waals surface area contributed by atoms with Gasteiger partial charge in [0.25, 0.3) is 0 Å². The molecule has 0 bridgehead atoms. The van der Waals surface area contributed by atoms with Crippen LogP contribution in [0.1, 0.15) is 26.7 Å². The van der Waals surface area contributed by atoms with E-state index < -0.39 is 12.0 Å². The lowest BCUT2D eigenvalue weighted by Gasteiger charge is -2.37. The average molecular weight is 285 g/mol. The lowest BCUT2D eigenvalue weighted by Crippen LogP contribution is -2.51. The molecule has 1 amide bonds. The molecule has 6 heteroatoms. The highest BCUT2D eigenvalue weighted by Crippen LogP contribution is 2.15. The Kier molecular flexibility index (Phi) is 6.95. The number of methoxy groups -OCH3 is 1. The number of likely N-dealkylation sites (tertiary alicyclic amines) is 1. The first-order valence-corrected chi connectivity index (χ1v) is 7.25. The minimum atomic E-state index is -0.591. The maximum Gasteiger partial charge on any atom is 0.329 e. The summed E-state index contributed by atoms with van der Waals surface area (Å²) in [4.78, 5) is 27.4. The third kappa shape index (κ3) is 5.09. The van der Waals surface area contributed by atoms with Crippen LogP contribution in [-0.2, 0) is 14.3 Å². The molecule has 1 saturated heterocycles. The van der Waals surface area contributed by atoms with Gasteiger partial charge in [-0.15, -0.1) is 0 Å². The first-order valence-electron chi connectivity index (χ1n) is 7.25. The van der Waals surface area contributed by atoms with Crippen molar-refractivity contribution in [1.82, 2.24) is 15.1 Å². The Labute approximate surface area is 121 Å². The Morgan fingerprint density at radius 3 is 2.45 bits per heavy atom. The first kappa shape index (κ1) is 16.9. The summed E-state index contributed by atoms with van der Waals surface area (Å²) in [5.41, 5.74) is 0. The van der Waals surface area contributed by atoms with Gasteiger partial charge in [0.05, 0.1) is 7.11 Å². The number of hydrogen-bond acceptors (Lipinski definition) is 5. The van der Waals surface area contributed by atoms with Gasteiger partial charge in [-0.3, -0.25) is 4.79 Å². The smallest absolute Gasteiger partial charge is 0.329 e. The summed E-state index contributed by atoms with van der Waals surface area (Å²) < 4.78 is 4.75. The van der Waals surface area contributed by atoms with Crippen LogP contribution in [-0.4, -0.2) is 74.1 Å². The summed E-state index contributed by atoms with van der Waals surface area (Å²) in [7, 11) is 3.35. The van der Waals surface area contributed by atoms with Crippen molar-refractivity contribution in [1.29, 1.82) is 0 Å². The second kappa shape index (κ2) is 8.21. The summed E-state index contributed by atoms with van der Waals surface area (Å²) >= 11 is 0. The number of esters is 1. The van der Waals surface area contributed by atoms with Crippen LogP contribution in [0.5, 0.6) is 0 Å². The van der Waals surface area contributed by atoms with Crippen molar-refractivity contribution in [2.45, 2.75) is 38.8 Å². The summed E-state index contributed by atoms with van der Waals surface area (Å²) in [6.45, 7) is 7.35. The largest absolute Gasteiger partial charge is 0.467 e. The van der Waals surface area contributed by atoms with Gasteiger partial charge in [-0.1, -0.05) is 6.92 Å². The van der Waals surface area contributed by atoms with Gasteiger partial charge in [0, 0.05) is 19.5 Å². The molecule has 1 atom stereocenters. The van der Waals surface area contributed by atoms with Crippen molar-refractivity contribution in [3.63, 3.8) is 0 Å². The van der Waals surface area contributed by atoms with Crippen LogP contribution in [0, 0.1) is 0 Å². The molecule has 0 radical (unpaired) electrons. The van der Waals surface area contributed by atoms with Crippen LogP contribution in [0.3, 0.4) is 0 Å². The number of rotatable bonds is 6. The van der Waals surface area contributed by atoms with Crippen molar-refractivity contribution in [3.05, 3.63) is 0 Å². The highest BCUT2D eigenvalue weighted by atomic mass is 16.5. The topological polar surface area (TPSA) is 61.9 Å². The van der Waals surface area contributed by atoms with E-state index in [2.05, 4.69) is 22.0 Å². The molecule has 0 aliphatic carbocycles. The summed E-state index contributed by atoms with van der Waals surface area (Å²) in [6.07, 6.45) is 2.19. The molecule has 1 fully saturated rings. The highest BCUT2D eigenvalue weighted by Gasteiger charge is 2.27. The minimum absolute atomic E-state index is 0.213. The number of piperidine rings is 1. The van der Waals surface area contributed by atoms with Crippen LogP contribution in [0.2, 0.25) is 0 Å². The van der Waals surface area contributed by atoms with E-state index in [-0.39, 0.29) is 5.91 Å². The molecule has 0 aromatic carbocycles. The Bertz CT molecular complexity index is 328. The Balaban J connectivity index is 2.51. The van der Waals surface area contributed by atoms with Gasteiger partial charge in [-0.25, -0.2) is 4.79 Å². The number of likely N-dealkylation sites (N-methyl/N-ethyl adjacent to an activating group) is 1. The molecule has 20 heavy (non-hydrogen) atoms. The average Bonchev–Trinajstić information content (AvgIpc) is 2.45. The fourth-order valence-corrected chi connectivity index (χ4v) is 2.68. The fourth-order valence-electron chi connectivity index (χ4n) is 2.68. The van der Waals surface area contributed by atoms with Crippen molar-refractivity contribution in [3.8, 4) is 0 Å². The molecule has 0 aromatic heterocycles. The van der Waals surface area contributed by atoms with Gasteiger partial charge in [0.15, 0.2) is 0 Å². The van der Waals surface area contributed by atoms with Crippen LogP contribution in [0.4, 0.5) is 0 Å². The Hall–Kier alpha value is -1.14. The van der Waals surface area contributed by atoms with Gasteiger partial charge in [-0.2, -0.15) is 0 Å². The highest BCUT2D eigenvalue weighted by molar-refractivity contribution is 5.83. The zero-order valence-corrected chi connectivity index (χ0v) is 13.0. The van der Waals surface area contributed by atoms with E-state index in [9.17, 15) is 9.59 Å². The molecular weight excluding hydrogens is 258 g/mol. The fraction of sp³-hybridized carbons (Fsp3) is 0.857. The third-order valence-corrected chi connectivity index (χ3v) is 3.96. The standard InChI is InChI=1S/C14H27N3O3/c1-5-17-8-6-12(7-9-17)16(3)10-13(14(19)20-4)15-11(2)18/h12-13H,5-10H2,1-4H3,(H,15,18). The van der Waals surface area contributed by atoms with E-state index in [4.69, 9.17) is 4.74 Å². The second-order valence-electron chi connectivity index (χ2n) is 5.38. The third-order valence-electron chi connectivity index (χ3n) is 3.96. The van der Waals surface area contributed by atoms with Crippen LogP contribution in [0.25, 0.3) is 0 Å². The van der Waals surface area contributed by atoms with E-state index in [1.807, 2.05) is 7.05 Å². The predicted octanol–water partition coefficient (Wildman–Crippen LogP) is 0.0802. The summed E-state index contributed by atoms with van der Waals surface area (Å²) in [5.74, 6) is -0.604. The number of carbonyl (C=O) groups is 2. The number of carbonyl (C=O) groups excluding carboxylic acids is 2. The lowest BCUT2D eigenvalue weighted by molar-refractivity contribution is -0.145. The number of amides is 1. The van der Waals surface area contributed by atoms with E-state index in [1.54, 1.807) is 0 Å². The summed E-state index contributed by atoms with van der Waals surface area (Å²) in [5, 5.41) is 2.65. The molecule has 6 nitrogen and oxygen atoms in total. The van der Waals surface area contributed by atoms with Gasteiger partial charge in [0.2, 0.25) is 5.91 Å². The van der Waals surface area contributed by atoms with E-state index in [0.29, 0.717) is 12.6 Å². The zero-order valence-electron chi connectivity index (χ0n) is 13.0. The monoisotopic (exact) mass is 285 g/mol. The first-order chi connectivity index (χ1) is 9.47. The quantitative estimate of drug-likeness (QED) is 0.700. The van der Waals surface area contributed by atoms with Gasteiger partial charge in [0.1, 0.15) is 6.04 Å². The van der Waals surface area contributed by atoms with Crippen molar-refractivity contribution >= 4 is 11.9 Å². The molecular formula is C14H27N3O3. The molecule has 1 unspecified atom stereocenters. The molecule has 0 aromatic rings. The molecule has 0 saturated carbocycles. The predicted molar refractivity (Wildman–Crippen MR) is 77.4 cm³/mol. The van der Waals surface area contributed by atoms with Crippen LogP contribution >= 0.6 is 0 Å². The Morgan fingerprint density at radius 1 is 1.40 bits per heavy atom. The number of ether oxygens (including phenoxy) is 1. The van der Waals surface area contributed by atoms with Crippen LogP contribution < -0.4 is 5.32 Å². The number of nitrogens with zero attached hydrogens (tertiary/aromatic N) is 2. The number of hydrogen-bond donors (Lipinski definition) is 1. The molecule has 1 rings (SSSR count).